The molecule has 1 aliphatic rings. The van der Waals surface area contributed by atoms with Gasteiger partial charge in [0.1, 0.15) is 0 Å². The molecule has 0 radical (unpaired) electrons. The second kappa shape index (κ2) is 5.76. The van der Waals surface area contributed by atoms with E-state index in [0.717, 1.165) is 31.2 Å². The Hall–Kier alpha value is -0.710. The highest BCUT2D eigenvalue weighted by Gasteiger charge is 2.28. The Morgan fingerprint density at radius 1 is 1.06 bits per heavy atom. The number of halogens is 2. The Kier molecular flexibility index (Phi) is 4.31. The van der Waals surface area contributed by atoms with Crippen LogP contribution in [0.4, 0.5) is 0 Å². The molecule has 1 aliphatic carbocycles. The van der Waals surface area contributed by atoms with Crippen molar-refractivity contribution in [2.45, 2.75) is 38.0 Å². The summed E-state index contributed by atoms with van der Waals surface area (Å²) in [4.78, 5) is 0. The van der Waals surface area contributed by atoms with Crippen LogP contribution in [0.25, 0.3) is 0 Å². The SMILES string of the molecule is N#CC1CCCCCC1c1c(Cl)cccc1Cl. The van der Waals surface area contributed by atoms with Crippen LogP contribution in [0.2, 0.25) is 10.0 Å². The molecule has 0 heterocycles. The topological polar surface area (TPSA) is 23.8 Å². The van der Waals surface area contributed by atoms with E-state index in [-0.39, 0.29) is 11.8 Å². The lowest BCUT2D eigenvalue weighted by Crippen LogP contribution is -2.11. The van der Waals surface area contributed by atoms with Gasteiger partial charge in [0.2, 0.25) is 0 Å². The van der Waals surface area contributed by atoms with Gasteiger partial charge in [0.05, 0.1) is 12.0 Å². The summed E-state index contributed by atoms with van der Waals surface area (Å²) < 4.78 is 0. The standard InChI is InChI=1S/C14H15Cl2N/c15-12-7-4-8-13(16)14(12)11-6-3-1-2-5-10(11)9-17/h4,7-8,10-11H,1-3,5-6H2. The third-order valence-corrected chi connectivity index (χ3v) is 4.21. The van der Waals surface area contributed by atoms with Crippen molar-refractivity contribution in [1.82, 2.24) is 0 Å². The molecule has 1 aromatic rings. The Bertz CT molecular complexity index is 416. The van der Waals surface area contributed by atoms with Gasteiger partial charge in [-0.25, -0.2) is 0 Å². The summed E-state index contributed by atoms with van der Waals surface area (Å²) in [5.41, 5.74) is 0.976. The van der Waals surface area contributed by atoms with Crippen molar-refractivity contribution in [3.05, 3.63) is 33.8 Å². The minimum atomic E-state index is 0.0508. The maximum absolute atomic E-state index is 9.29. The molecule has 0 spiro atoms. The Morgan fingerprint density at radius 2 is 1.71 bits per heavy atom. The number of hydrogen-bond acceptors (Lipinski definition) is 1. The molecule has 2 unspecified atom stereocenters. The Morgan fingerprint density at radius 3 is 2.35 bits per heavy atom. The molecule has 0 amide bonds. The predicted octanol–water partition coefficient (Wildman–Crippen LogP) is 5.18. The quantitative estimate of drug-likeness (QED) is 0.643. The average molecular weight is 268 g/mol. The summed E-state index contributed by atoms with van der Waals surface area (Å²) in [6.07, 6.45) is 5.47. The first-order valence-corrected chi connectivity index (χ1v) is 6.83. The molecule has 1 nitrogen and oxygen atoms in total. The zero-order valence-corrected chi connectivity index (χ0v) is 11.1. The highest BCUT2D eigenvalue weighted by atomic mass is 35.5. The summed E-state index contributed by atoms with van der Waals surface area (Å²) in [6.45, 7) is 0. The number of hydrogen-bond donors (Lipinski definition) is 0. The molecular formula is C14H15Cl2N. The second-order valence-corrected chi connectivity index (χ2v) is 5.43. The van der Waals surface area contributed by atoms with E-state index in [1.165, 1.54) is 6.42 Å². The van der Waals surface area contributed by atoms with Crippen LogP contribution in [0.3, 0.4) is 0 Å². The molecule has 17 heavy (non-hydrogen) atoms. The largest absolute Gasteiger partial charge is 0.198 e. The monoisotopic (exact) mass is 267 g/mol. The Balaban J connectivity index is 2.39. The van der Waals surface area contributed by atoms with Crippen LogP contribution in [0.1, 0.15) is 43.6 Å². The molecule has 0 bridgehead atoms. The van der Waals surface area contributed by atoms with Crippen LogP contribution in [0.15, 0.2) is 18.2 Å². The van der Waals surface area contributed by atoms with Gasteiger partial charge in [-0.15, -0.1) is 0 Å². The fourth-order valence-corrected chi connectivity index (χ4v) is 3.35. The van der Waals surface area contributed by atoms with E-state index in [4.69, 9.17) is 23.2 Å². The average Bonchev–Trinajstić information content (AvgIpc) is 2.54. The molecule has 1 fully saturated rings. The number of nitriles is 1. The minimum absolute atomic E-state index is 0.0508. The van der Waals surface area contributed by atoms with Crippen molar-refractivity contribution < 1.29 is 0 Å². The summed E-state index contributed by atoms with van der Waals surface area (Å²) in [5, 5.41) is 10.7. The normalized spacial score (nSPS) is 25.0. The lowest BCUT2D eigenvalue weighted by Gasteiger charge is -2.22. The number of nitrogens with zero attached hydrogens (tertiary/aromatic N) is 1. The minimum Gasteiger partial charge on any atom is -0.198 e. The van der Waals surface area contributed by atoms with E-state index in [9.17, 15) is 5.26 Å². The fourth-order valence-electron chi connectivity index (χ4n) is 2.67. The molecule has 1 saturated carbocycles. The summed E-state index contributed by atoms with van der Waals surface area (Å²) >= 11 is 12.5. The van der Waals surface area contributed by atoms with E-state index in [1.54, 1.807) is 0 Å². The van der Waals surface area contributed by atoms with Gasteiger partial charge in [0.25, 0.3) is 0 Å². The van der Waals surface area contributed by atoms with Gasteiger partial charge >= 0.3 is 0 Å². The van der Waals surface area contributed by atoms with Crippen molar-refractivity contribution in [3.63, 3.8) is 0 Å². The summed E-state index contributed by atoms with van der Waals surface area (Å²) in [5.74, 6) is 0.249. The zero-order valence-electron chi connectivity index (χ0n) is 9.63. The fraction of sp³-hybridized carbons (Fsp3) is 0.500. The molecule has 90 valence electrons. The van der Waals surface area contributed by atoms with E-state index in [0.29, 0.717) is 10.0 Å². The molecular weight excluding hydrogens is 253 g/mol. The van der Waals surface area contributed by atoms with Crippen molar-refractivity contribution in [2.24, 2.45) is 5.92 Å². The summed E-state index contributed by atoms with van der Waals surface area (Å²) in [6, 6.07) is 8.01. The van der Waals surface area contributed by atoms with Crippen LogP contribution in [-0.2, 0) is 0 Å². The Labute approximate surface area is 112 Å². The van der Waals surface area contributed by atoms with Crippen LogP contribution in [0.5, 0.6) is 0 Å². The number of rotatable bonds is 1. The van der Waals surface area contributed by atoms with E-state index >= 15 is 0 Å². The molecule has 0 saturated heterocycles. The molecule has 3 heteroatoms. The molecule has 0 aromatic heterocycles. The van der Waals surface area contributed by atoms with Crippen molar-refractivity contribution in [2.75, 3.05) is 0 Å². The number of benzene rings is 1. The lowest BCUT2D eigenvalue weighted by atomic mass is 9.83. The van der Waals surface area contributed by atoms with Gasteiger partial charge in [-0.3, -0.25) is 0 Å². The van der Waals surface area contributed by atoms with Crippen LogP contribution >= 0.6 is 23.2 Å². The molecule has 0 N–H and O–H groups in total. The van der Waals surface area contributed by atoms with Crippen LogP contribution in [0, 0.1) is 17.2 Å². The smallest absolute Gasteiger partial charge is 0.0662 e. The highest BCUT2D eigenvalue weighted by molar-refractivity contribution is 6.36. The first-order valence-electron chi connectivity index (χ1n) is 6.07. The first-order chi connectivity index (χ1) is 8.24. The zero-order chi connectivity index (χ0) is 12.3. The van der Waals surface area contributed by atoms with Gasteiger partial charge in [-0.05, 0) is 30.5 Å². The molecule has 1 aromatic carbocycles. The van der Waals surface area contributed by atoms with E-state index in [2.05, 4.69) is 6.07 Å². The third kappa shape index (κ3) is 2.76. The van der Waals surface area contributed by atoms with Gasteiger partial charge < -0.3 is 0 Å². The highest BCUT2D eigenvalue weighted by Crippen LogP contribution is 2.42. The molecule has 2 atom stereocenters. The first kappa shape index (κ1) is 12.7. The van der Waals surface area contributed by atoms with Gasteiger partial charge in [-0.1, -0.05) is 48.5 Å². The predicted molar refractivity (Wildman–Crippen MR) is 71.4 cm³/mol. The molecule has 0 aliphatic heterocycles. The van der Waals surface area contributed by atoms with Crippen LogP contribution < -0.4 is 0 Å². The van der Waals surface area contributed by atoms with Gasteiger partial charge in [0.15, 0.2) is 0 Å². The van der Waals surface area contributed by atoms with Crippen molar-refractivity contribution in [3.8, 4) is 6.07 Å². The maximum Gasteiger partial charge on any atom is 0.0662 e. The van der Waals surface area contributed by atoms with Gasteiger partial charge in [0, 0.05) is 16.0 Å². The third-order valence-electron chi connectivity index (χ3n) is 3.55. The van der Waals surface area contributed by atoms with Crippen molar-refractivity contribution >= 4 is 23.2 Å². The maximum atomic E-state index is 9.29. The van der Waals surface area contributed by atoms with Crippen molar-refractivity contribution in [1.29, 1.82) is 5.26 Å². The van der Waals surface area contributed by atoms with Crippen LogP contribution in [-0.4, -0.2) is 0 Å². The van der Waals surface area contributed by atoms with E-state index < -0.39 is 0 Å². The summed E-state index contributed by atoms with van der Waals surface area (Å²) in [7, 11) is 0. The van der Waals surface area contributed by atoms with Gasteiger partial charge in [-0.2, -0.15) is 5.26 Å². The lowest BCUT2D eigenvalue weighted by molar-refractivity contribution is 0.490. The molecule has 2 rings (SSSR count). The van der Waals surface area contributed by atoms with E-state index in [1.807, 2.05) is 18.2 Å². The second-order valence-electron chi connectivity index (χ2n) is 4.62.